The third-order valence-electron chi connectivity index (χ3n) is 3.35. The lowest BCUT2D eigenvalue weighted by Gasteiger charge is -2.14. The van der Waals surface area contributed by atoms with Crippen LogP contribution in [0.2, 0.25) is 0 Å². The molecule has 1 fully saturated rings. The molecule has 1 aliphatic heterocycles. The Morgan fingerprint density at radius 2 is 2.10 bits per heavy atom. The summed E-state index contributed by atoms with van der Waals surface area (Å²) in [6.45, 7) is 0.575. The number of sulfone groups is 1. The molecule has 8 nitrogen and oxygen atoms in total. The zero-order valence-corrected chi connectivity index (χ0v) is 12.4. The monoisotopic (exact) mass is 313 g/mol. The molecule has 0 spiro atoms. The summed E-state index contributed by atoms with van der Waals surface area (Å²) in [5.74, 6) is -0.142. The van der Waals surface area contributed by atoms with Crippen molar-refractivity contribution in [1.29, 1.82) is 0 Å². The second-order valence-electron chi connectivity index (χ2n) is 4.95. The number of nitrogens with one attached hydrogen (secondary N) is 1. The summed E-state index contributed by atoms with van der Waals surface area (Å²) in [4.78, 5) is 23.7. The number of rotatable bonds is 4. The highest BCUT2D eigenvalue weighted by Gasteiger charge is 2.30. The number of nitro groups is 1. The van der Waals surface area contributed by atoms with E-state index in [1.54, 1.807) is 7.05 Å². The number of amides is 1. The SMILES string of the molecule is CN1CCC(Nc2ccc(S(C)(=O)=O)cc2[N+](=O)[O-])C1=O. The van der Waals surface area contributed by atoms with Crippen LogP contribution >= 0.6 is 0 Å². The molecular formula is C12H15N3O5S. The molecule has 1 amide bonds. The first-order valence-corrected chi connectivity index (χ1v) is 8.09. The molecule has 114 valence electrons. The molecule has 1 aliphatic rings. The molecule has 1 aromatic carbocycles. The van der Waals surface area contributed by atoms with Gasteiger partial charge in [0.1, 0.15) is 11.7 Å². The van der Waals surface area contributed by atoms with E-state index in [-0.39, 0.29) is 22.2 Å². The van der Waals surface area contributed by atoms with Gasteiger partial charge in [-0.25, -0.2) is 8.42 Å². The molecule has 0 aromatic heterocycles. The highest BCUT2D eigenvalue weighted by atomic mass is 32.2. The number of likely N-dealkylation sites (N-methyl/N-ethyl adjacent to an activating group) is 1. The molecule has 21 heavy (non-hydrogen) atoms. The van der Waals surface area contributed by atoms with Crippen molar-refractivity contribution in [3.05, 3.63) is 28.3 Å². The van der Waals surface area contributed by atoms with E-state index in [1.165, 1.54) is 17.0 Å². The molecule has 1 heterocycles. The first-order chi connectivity index (χ1) is 9.70. The minimum atomic E-state index is -3.53. The maximum atomic E-state index is 11.8. The topological polar surface area (TPSA) is 110 Å². The van der Waals surface area contributed by atoms with Crippen LogP contribution in [0.5, 0.6) is 0 Å². The van der Waals surface area contributed by atoms with Crippen LogP contribution in [0, 0.1) is 10.1 Å². The Morgan fingerprint density at radius 1 is 1.43 bits per heavy atom. The fourth-order valence-electron chi connectivity index (χ4n) is 2.16. The number of nitro benzene ring substituents is 1. The zero-order chi connectivity index (χ0) is 15.8. The van der Waals surface area contributed by atoms with Gasteiger partial charge in [0.15, 0.2) is 9.84 Å². The summed E-state index contributed by atoms with van der Waals surface area (Å²) < 4.78 is 22.9. The summed E-state index contributed by atoms with van der Waals surface area (Å²) in [6, 6.07) is 3.08. The molecule has 1 N–H and O–H groups in total. The Hall–Kier alpha value is -2.16. The molecule has 1 unspecified atom stereocenters. The molecule has 0 bridgehead atoms. The first-order valence-electron chi connectivity index (χ1n) is 6.20. The minimum Gasteiger partial charge on any atom is -0.368 e. The van der Waals surface area contributed by atoms with Crippen molar-refractivity contribution < 1.29 is 18.1 Å². The van der Waals surface area contributed by atoms with Gasteiger partial charge < -0.3 is 10.2 Å². The van der Waals surface area contributed by atoms with Gasteiger partial charge in [-0.3, -0.25) is 14.9 Å². The third-order valence-corrected chi connectivity index (χ3v) is 4.46. The van der Waals surface area contributed by atoms with Gasteiger partial charge in [-0.15, -0.1) is 0 Å². The van der Waals surface area contributed by atoms with E-state index in [9.17, 15) is 23.3 Å². The summed E-state index contributed by atoms with van der Waals surface area (Å²) >= 11 is 0. The predicted octanol–water partition coefficient (Wildman–Crippen LogP) is 0.641. The van der Waals surface area contributed by atoms with Gasteiger partial charge in [0.05, 0.1) is 9.82 Å². The number of benzene rings is 1. The van der Waals surface area contributed by atoms with Crippen molar-refractivity contribution in [2.24, 2.45) is 0 Å². The van der Waals surface area contributed by atoms with Crippen molar-refractivity contribution in [2.45, 2.75) is 17.4 Å². The number of carbonyl (C=O) groups is 1. The molecule has 9 heteroatoms. The standard InChI is InChI=1S/C12H15N3O5S/c1-14-6-5-10(12(14)16)13-9-4-3-8(21(2,19)20)7-11(9)15(17)18/h3-4,7,10,13H,5-6H2,1-2H3. The number of anilines is 1. The van der Waals surface area contributed by atoms with Crippen molar-refractivity contribution in [3.63, 3.8) is 0 Å². The maximum absolute atomic E-state index is 11.8. The van der Waals surface area contributed by atoms with E-state index in [0.29, 0.717) is 13.0 Å². The zero-order valence-electron chi connectivity index (χ0n) is 11.6. The normalized spacial score (nSPS) is 18.9. The molecule has 2 rings (SSSR count). The number of hydrogen-bond acceptors (Lipinski definition) is 6. The van der Waals surface area contributed by atoms with Gasteiger partial charge in [0, 0.05) is 25.9 Å². The van der Waals surface area contributed by atoms with Crippen LogP contribution in [0.3, 0.4) is 0 Å². The average Bonchev–Trinajstić information content (AvgIpc) is 2.69. The fraction of sp³-hybridized carbons (Fsp3) is 0.417. The molecule has 0 saturated carbocycles. The van der Waals surface area contributed by atoms with Crippen molar-refractivity contribution in [1.82, 2.24) is 4.90 Å². The third kappa shape index (κ3) is 3.13. The fourth-order valence-corrected chi connectivity index (χ4v) is 2.80. The molecule has 1 aromatic rings. The number of likely N-dealkylation sites (tertiary alicyclic amines) is 1. The average molecular weight is 313 g/mol. The van der Waals surface area contributed by atoms with Crippen molar-refractivity contribution in [3.8, 4) is 0 Å². The number of hydrogen-bond donors (Lipinski definition) is 1. The Balaban J connectivity index is 2.36. The maximum Gasteiger partial charge on any atom is 0.293 e. The lowest BCUT2D eigenvalue weighted by molar-refractivity contribution is -0.384. The summed E-state index contributed by atoms with van der Waals surface area (Å²) in [5.41, 5.74) is -0.221. The second kappa shape index (κ2) is 5.32. The lowest BCUT2D eigenvalue weighted by Crippen LogP contribution is -2.31. The minimum absolute atomic E-state index is 0.130. The quantitative estimate of drug-likeness (QED) is 0.645. The van der Waals surface area contributed by atoms with Crippen LogP contribution in [-0.2, 0) is 14.6 Å². The molecular weight excluding hydrogens is 298 g/mol. The Bertz CT molecular complexity index is 701. The first kappa shape index (κ1) is 15.2. The Kier molecular flexibility index (Phi) is 3.86. The molecule has 0 radical (unpaired) electrons. The van der Waals surface area contributed by atoms with Gasteiger partial charge >= 0.3 is 0 Å². The number of nitrogens with zero attached hydrogens (tertiary/aromatic N) is 2. The second-order valence-corrected chi connectivity index (χ2v) is 6.97. The van der Waals surface area contributed by atoms with E-state index >= 15 is 0 Å². The number of carbonyl (C=O) groups excluding carboxylic acids is 1. The van der Waals surface area contributed by atoms with E-state index in [2.05, 4.69) is 5.32 Å². The van der Waals surface area contributed by atoms with Gasteiger partial charge in [-0.2, -0.15) is 0 Å². The predicted molar refractivity (Wildman–Crippen MR) is 75.9 cm³/mol. The largest absolute Gasteiger partial charge is 0.368 e. The lowest BCUT2D eigenvalue weighted by atomic mass is 10.2. The van der Waals surface area contributed by atoms with Gasteiger partial charge in [0.25, 0.3) is 5.69 Å². The van der Waals surface area contributed by atoms with Crippen molar-refractivity contribution in [2.75, 3.05) is 25.2 Å². The van der Waals surface area contributed by atoms with Gasteiger partial charge in [0.2, 0.25) is 5.91 Å². The van der Waals surface area contributed by atoms with Gasteiger partial charge in [-0.1, -0.05) is 0 Å². The van der Waals surface area contributed by atoms with E-state index in [4.69, 9.17) is 0 Å². The summed E-state index contributed by atoms with van der Waals surface area (Å²) in [7, 11) is -1.87. The van der Waals surface area contributed by atoms with Crippen LogP contribution in [0.25, 0.3) is 0 Å². The van der Waals surface area contributed by atoms with Crippen LogP contribution in [0.4, 0.5) is 11.4 Å². The summed E-state index contributed by atoms with van der Waals surface area (Å²) in [5, 5.41) is 13.9. The summed E-state index contributed by atoms with van der Waals surface area (Å²) in [6.07, 6.45) is 1.52. The highest BCUT2D eigenvalue weighted by Crippen LogP contribution is 2.29. The van der Waals surface area contributed by atoms with Crippen LogP contribution in [0.1, 0.15) is 6.42 Å². The van der Waals surface area contributed by atoms with Crippen LogP contribution in [-0.4, -0.2) is 50.0 Å². The van der Waals surface area contributed by atoms with E-state index in [0.717, 1.165) is 12.3 Å². The van der Waals surface area contributed by atoms with Crippen LogP contribution in [0.15, 0.2) is 23.1 Å². The molecule has 1 saturated heterocycles. The smallest absolute Gasteiger partial charge is 0.293 e. The van der Waals surface area contributed by atoms with Gasteiger partial charge in [-0.05, 0) is 18.6 Å². The Morgan fingerprint density at radius 3 is 2.57 bits per heavy atom. The molecule has 0 aliphatic carbocycles. The molecule has 1 atom stereocenters. The Labute approximate surface area is 121 Å². The van der Waals surface area contributed by atoms with E-state index in [1.807, 2.05) is 0 Å². The van der Waals surface area contributed by atoms with Crippen molar-refractivity contribution >= 4 is 27.1 Å². The van der Waals surface area contributed by atoms with E-state index < -0.39 is 20.8 Å². The highest BCUT2D eigenvalue weighted by molar-refractivity contribution is 7.90. The van der Waals surface area contributed by atoms with Crippen LogP contribution < -0.4 is 5.32 Å².